The van der Waals surface area contributed by atoms with Crippen LogP contribution in [0, 0.1) is 11.7 Å². The van der Waals surface area contributed by atoms with Crippen molar-refractivity contribution in [1.82, 2.24) is 15.8 Å². The Morgan fingerprint density at radius 1 is 1.29 bits per heavy atom. The Morgan fingerprint density at radius 2 is 2.04 bits per heavy atom. The molecule has 2 N–H and O–H groups in total. The van der Waals surface area contributed by atoms with Gasteiger partial charge in [-0.2, -0.15) is 0 Å². The highest BCUT2D eigenvalue weighted by Gasteiger charge is 2.35. The third-order valence-electron chi connectivity index (χ3n) is 4.25. The number of halogens is 2. The number of hydrogen-bond donors (Lipinski definition) is 2. The van der Waals surface area contributed by atoms with Crippen LogP contribution in [0.2, 0.25) is 0 Å². The zero-order valence-corrected chi connectivity index (χ0v) is 14.9. The van der Waals surface area contributed by atoms with Crippen molar-refractivity contribution in [3.8, 4) is 0 Å². The average Bonchev–Trinajstić information content (AvgIpc) is 3.08. The van der Waals surface area contributed by atoms with E-state index in [4.69, 9.17) is 0 Å². The summed E-state index contributed by atoms with van der Waals surface area (Å²) in [6, 6.07) is 14.5. The first-order chi connectivity index (χ1) is 11.6. The predicted molar refractivity (Wildman–Crippen MR) is 94.4 cm³/mol. The molecule has 0 bridgehead atoms. The minimum atomic E-state index is -0.305. The lowest BCUT2D eigenvalue weighted by molar-refractivity contribution is -0.134. The number of carbonyl (C=O) groups excluding carboxylic acids is 1. The fourth-order valence-electron chi connectivity index (χ4n) is 2.98. The van der Waals surface area contributed by atoms with Gasteiger partial charge in [-0.1, -0.05) is 46.3 Å². The van der Waals surface area contributed by atoms with Gasteiger partial charge in [-0.15, -0.1) is 0 Å². The van der Waals surface area contributed by atoms with Crippen LogP contribution in [-0.4, -0.2) is 24.4 Å². The zero-order chi connectivity index (χ0) is 17.1. The Hall–Kier alpha value is -1.76. The van der Waals surface area contributed by atoms with Gasteiger partial charge in [0.25, 0.3) is 0 Å². The van der Waals surface area contributed by atoms with E-state index in [2.05, 4.69) is 26.8 Å². The van der Waals surface area contributed by atoms with Crippen LogP contribution < -0.4 is 10.9 Å². The summed E-state index contributed by atoms with van der Waals surface area (Å²) in [6.45, 7) is 0.784. The molecule has 126 valence electrons. The van der Waals surface area contributed by atoms with Gasteiger partial charge < -0.3 is 4.90 Å². The highest BCUT2D eigenvalue weighted by atomic mass is 79.9. The number of hydrogen-bond acceptors (Lipinski definition) is 3. The molecule has 0 spiro atoms. The summed E-state index contributed by atoms with van der Waals surface area (Å²) in [5.41, 5.74) is 7.78. The molecule has 2 aromatic carbocycles. The molecule has 4 nitrogen and oxygen atoms in total. The van der Waals surface area contributed by atoms with Crippen molar-refractivity contribution >= 4 is 21.8 Å². The number of amides is 1. The Labute approximate surface area is 149 Å². The van der Waals surface area contributed by atoms with E-state index in [-0.39, 0.29) is 30.2 Å². The minimum Gasteiger partial charge on any atom is -0.341 e. The molecule has 0 saturated carbocycles. The van der Waals surface area contributed by atoms with Crippen LogP contribution in [0.15, 0.2) is 53.0 Å². The van der Waals surface area contributed by atoms with Crippen LogP contribution in [0.3, 0.4) is 0 Å². The Kier molecular flexibility index (Phi) is 5.28. The van der Waals surface area contributed by atoms with Crippen LogP contribution in [0.1, 0.15) is 17.2 Å². The minimum absolute atomic E-state index is 0.0132. The van der Waals surface area contributed by atoms with Crippen molar-refractivity contribution in [2.45, 2.75) is 12.6 Å². The lowest BCUT2D eigenvalue weighted by Gasteiger charge is -2.24. The van der Waals surface area contributed by atoms with Crippen molar-refractivity contribution in [2.24, 2.45) is 5.92 Å². The molecule has 1 aliphatic heterocycles. The largest absolute Gasteiger partial charge is 0.341 e. The smallest absolute Gasteiger partial charge is 0.229 e. The maximum Gasteiger partial charge on any atom is 0.229 e. The fourth-order valence-corrected chi connectivity index (χ4v) is 3.39. The first-order valence-corrected chi connectivity index (χ1v) is 8.58. The first kappa shape index (κ1) is 17.1. The molecule has 3 rings (SSSR count). The number of carbonyl (C=O) groups is 1. The van der Waals surface area contributed by atoms with Gasteiger partial charge in [-0.25, -0.2) is 9.82 Å². The van der Waals surface area contributed by atoms with Crippen molar-refractivity contribution in [3.63, 3.8) is 0 Å². The number of nitrogens with zero attached hydrogens (tertiary/aromatic N) is 1. The van der Waals surface area contributed by atoms with E-state index < -0.39 is 0 Å². The van der Waals surface area contributed by atoms with Gasteiger partial charge in [0.05, 0.1) is 12.0 Å². The molecule has 2 atom stereocenters. The van der Waals surface area contributed by atoms with Crippen molar-refractivity contribution in [2.75, 3.05) is 13.6 Å². The standard InChI is InChI=1S/C18H19BrFN3O/c1-23(11-13-9-14(19)7-8-16(13)20)18(24)15-10-21-22-17(15)12-5-3-2-4-6-12/h2-9,15,17,21-22H,10-11H2,1H3. The van der Waals surface area contributed by atoms with E-state index in [1.165, 1.54) is 6.07 Å². The number of hydrazine groups is 1. The molecule has 0 aromatic heterocycles. The van der Waals surface area contributed by atoms with E-state index in [1.807, 2.05) is 30.3 Å². The number of nitrogens with one attached hydrogen (secondary N) is 2. The summed E-state index contributed by atoms with van der Waals surface area (Å²) < 4.78 is 14.7. The highest BCUT2D eigenvalue weighted by molar-refractivity contribution is 9.10. The Balaban J connectivity index is 1.74. The zero-order valence-electron chi connectivity index (χ0n) is 13.3. The van der Waals surface area contributed by atoms with Gasteiger partial charge in [0.2, 0.25) is 5.91 Å². The summed E-state index contributed by atoms with van der Waals surface area (Å²) in [7, 11) is 1.71. The van der Waals surface area contributed by atoms with Gasteiger partial charge >= 0.3 is 0 Å². The van der Waals surface area contributed by atoms with Gasteiger partial charge in [0.1, 0.15) is 5.82 Å². The monoisotopic (exact) mass is 391 g/mol. The summed E-state index contributed by atoms with van der Waals surface area (Å²) in [5.74, 6) is -0.548. The van der Waals surface area contributed by atoms with E-state index in [9.17, 15) is 9.18 Å². The van der Waals surface area contributed by atoms with E-state index >= 15 is 0 Å². The van der Waals surface area contributed by atoms with Crippen LogP contribution in [0.25, 0.3) is 0 Å². The molecular weight excluding hydrogens is 373 g/mol. The molecule has 1 aliphatic rings. The van der Waals surface area contributed by atoms with Crippen LogP contribution in [0.4, 0.5) is 4.39 Å². The third kappa shape index (κ3) is 3.66. The maximum atomic E-state index is 13.9. The number of benzene rings is 2. The molecule has 0 radical (unpaired) electrons. The molecular formula is C18H19BrFN3O. The summed E-state index contributed by atoms with van der Waals surface area (Å²) in [5, 5.41) is 0. The van der Waals surface area contributed by atoms with Gasteiger partial charge in [-0.3, -0.25) is 10.2 Å². The molecule has 1 amide bonds. The average molecular weight is 392 g/mol. The molecule has 2 aromatic rings. The molecule has 1 fully saturated rings. The summed E-state index contributed by atoms with van der Waals surface area (Å²) >= 11 is 3.34. The second-order valence-electron chi connectivity index (χ2n) is 5.95. The van der Waals surface area contributed by atoms with Crippen LogP contribution in [0.5, 0.6) is 0 Å². The SMILES string of the molecule is CN(Cc1cc(Br)ccc1F)C(=O)C1CNNC1c1ccccc1. The Morgan fingerprint density at radius 3 is 2.79 bits per heavy atom. The third-order valence-corrected chi connectivity index (χ3v) is 4.74. The summed E-state index contributed by atoms with van der Waals surface area (Å²) in [6.07, 6.45) is 0. The summed E-state index contributed by atoms with van der Waals surface area (Å²) in [4.78, 5) is 14.4. The second-order valence-corrected chi connectivity index (χ2v) is 6.87. The lowest BCUT2D eigenvalue weighted by atomic mass is 9.93. The van der Waals surface area contributed by atoms with E-state index in [0.717, 1.165) is 10.0 Å². The first-order valence-electron chi connectivity index (χ1n) is 7.78. The van der Waals surface area contributed by atoms with Crippen molar-refractivity contribution in [1.29, 1.82) is 0 Å². The molecule has 1 heterocycles. The van der Waals surface area contributed by atoms with Crippen LogP contribution in [-0.2, 0) is 11.3 Å². The van der Waals surface area contributed by atoms with Crippen molar-refractivity contribution < 1.29 is 9.18 Å². The second kappa shape index (κ2) is 7.42. The van der Waals surface area contributed by atoms with E-state index in [1.54, 1.807) is 24.1 Å². The highest BCUT2D eigenvalue weighted by Crippen LogP contribution is 2.27. The molecule has 1 saturated heterocycles. The quantitative estimate of drug-likeness (QED) is 0.841. The Bertz CT molecular complexity index is 725. The predicted octanol–water partition coefficient (Wildman–Crippen LogP) is 3.01. The lowest BCUT2D eigenvalue weighted by Crippen LogP contribution is -2.36. The molecule has 0 aliphatic carbocycles. The normalized spacial score (nSPS) is 20.1. The maximum absolute atomic E-state index is 13.9. The molecule has 6 heteroatoms. The topological polar surface area (TPSA) is 44.4 Å². The number of rotatable bonds is 4. The molecule has 24 heavy (non-hydrogen) atoms. The van der Waals surface area contributed by atoms with E-state index in [0.29, 0.717) is 12.1 Å². The van der Waals surface area contributed by atoms with Gasteiger partial charge in [-0.05, 0) is 23.8 Å². The van der Waals surface area contributed by atoms with Gasteiger partial charge in [0.15, 0.2) is 0 Å². The van der Waals surface area contributed by atoms with Gasteiger partial charge in [0, 0.05) is 30.2 Å². The van der Waals surface area contributed by atoms with Crippen molar-refractivity contribution in [3.05, 3.63) is 69.9 Å². The molecule has 2 unspecified atom stereocenters. The fraction of sp³-hybridized carbons (Fsp3) is 0.278. The van der Waals surface area contributed by atoms with Crippen LogP contribution >= 0.6 is 15.9 Å².